The number of halogens is 1. The van der Waals surface area contributed by atoms with Gasteiger partial charge in [0.1, 0.15) is 5.75 Å². The van der Waals surface area contributed by atoms with E-state index in [0.29, 0.717) is 11.6 Å². The van der Waals surface area contributed by atoms with Crippen molar-refractivity contribution in [3.05, 3.63) is 64.3 Å². The lowest BCUT2D eigenvalue weighted by molar-refractivity contribution is -0.138. The van der Waals surface area contributed by atoms with Crippen LogP contribution in [0.15, 0.2) is 42.5 Å². The van der Waals surface area contributed by atoms with E-state index in [4.69, 9.17) is 16.3 Å². The molecule has 0 unspecified atom stereocenters. The fourth-order valence-electron chi connectivity index (χ4n) is 4.75. The molecule has 1 aromatic heterocycles. The van der Waals surface area contributed by atoms with E-state index in [9.17, 15) is 9.59 Å². The maximum absolute atomic E-state index is 12.8. The molecule has 154 valence electrons. The number of aromatic amines is 1. The Morgan fingerprint density at radius 1 is 1.13 bits per heavy atom. The van der Waals surface area contributed by atoms with Crippen LogP contribution in [0.2, 0.25) is 5.02 Å². The van der Waals surface area contributed by atoms with Gasteiger partial charge >= 0.3 is 0 Å². The van der Waals surface area contributed by atoms with Crippen LogP contribution in [0.4, 0.5) is 0 Å². The van der Waals surface area contributed by atoms with Crippen LogP contribution in [-0.2, 0) is 16.0 Å². The van der Waals surface area contributed by atoms with E-state index in [2.05, 4.69) is 16.0 Å². The van der Waals surface area contributed by atoms with Gasteiger partial charge in [-0.25, -0.2) is 0 Å². The number of carbonyl (C=O) groups is 2. The van der Waals surface area contributed by atoms with Crippen LogP contribution >= 0.6 is 11.6 Å². The molecule has 6 nitrogen and oxygen atoms in total. The van der Waals surface area contributed by atoms with Crippen LogP contribution in [0.25, 0.3) is 10.9 Å². The molecule has 0 bridgehead atoms. The number of likely N-dealkylation sites (tertiary alicyclic amines) is 1. The normalized spacial score (nSPS) is 22.0. The van der Waals surface area contributed by atoms with Gasteiger partial charge < -0.3 is 9.72 Å². The third-order valence-electron chi connectivity index (χ3n) is 6.32. The molecular weight excluding hydrogens is 402 g/mol. The van der Waals surface area contributed by atoms with Gasteiger partial charge in [-0.3, -0.25) is 19.4 Å². The second-order valence-electron chi connectivity index (χ2n) is 7.88. The molecule has 2 aliphatic heterocycles. The summed E-state index contributed by atoms with van der Waals surface area (Å²) in [6, 6.07) is 13.1. The number of H-pyrrole nitrogens is 1. The van der Waals surface area contributed by atoms with E-state index in [1.165, 1.54) is 10.5 Å². The van der Waals surface area contributed by atoms with Crippen LogP contribution in [0, 0.1) is 0 Å². The number of amides is 2. The molecule has 2 aliphatic rings. The SMILES string of the molecule is COc1ccc2[nH]c3c(c2c1)CCN([C@@H]1CC(=O)N(C)C1=O)[C@@H]3c1ccc(Cl)cc1. The summed E-state index contributed by atoms with van der Waals surface area (Å²) in [5.41, 5.74) is 4.35. The first-order chi connectivity index (χ1) is 14.5. The Bertz CT molecular complexity index is 1150. The van der Waals surface area contributed by atoms with Crippen LogP contribution in [0.3, 0.4) is 0 Å². The number of aromatic nitrogens is 1. The number of rotatable bonds is 3. The van der Waals surface area contributed by atoms with Gasteiger partial charge in [-0.15, -0.1) is 0 Å². The smallest absolute Gasteiger partial charge is 0.246 e. The number of benzene rings is 2. The summed E-state index contributed by atoms with van der Waals surface area (Å²) >= 11 is 6.13. The molecule has 30 heavy (non-hydrogen) atoms. The maximum Gasteiger partial charge on any atom is 0.246 e. The van der Waals surface area contributed by atoms with E-state index in [1.54, 1.807) is 14.2 Å². The van der Waals surface area contributed by atoms with Gasteiger partial charge in [0.2, 0.25) is 11.8 Å². The number of hydrogen-bond acceptors (Lipinski definition) is 4. The Morgan fingerprint density at radius 3 is 2.57 bits per heavy atom. The van der Waals surface area contributed by atoms with E-state index in [0.717, 1.165) is 34.3 Å². The highest BCUT2D eigenvalue weighted by Crippen LogP contribution is 2.41. The molecule has 5 rings (SSSR count). The fourth-order valence-corrected chi connectivity index (χ4v) is 4.87. The molecule has 2 atom stereocenters. The summed E-state index contributed by atoms with van der Waals surface area (Å²) in [6.07, 6.45) is 0.997. The highest BCUT2D eigenvalue weighted by atomic mass is 35.5. The van der Waals surface area contributed by atoms with Gasteiger partial charge in [0.25, 0.3) is 0 Å². The molecule has 3 heterocycles. The lowest BCUT2D eigenvalue weighted by Gasteiger charge is -2.39. The van der Waals surface area contributed by atoms with Gasteiger partial charge in [0, 0.05) is 35.2 Å². The van der Waals surface area contributed by atoms with E-state index < -0.39 is 6.04 Å². The predicted molar refractivity (Wildman–Crippen MR) is 115 cm³/mol. The molecule has 2 aromatic carbocycles. The Kier molecular flexibility index (Phi) is 4.56. The molecule has 1 fully saturated rings. The summed E-state index contributed by atoms with van der Waals surface area (Å²) in [4.78, 5) is 32.0. The molecule has 2 amide bonds. The number of ether oxygens (including phenoxy) is 1. The average Bonchev–Trinajstić information content (AvgIpc) is 3.25. The Hall–Kier alpha value is -2.83. The van der Waals surface area contributed by atoms with Crippen molar-refractivity contribution in [2.24, 2.45) is 0 Å². The van der Waals surface area contributed by atoms with Crippen LogP contribution in [0.1, 0.15) is 29.3 Å². The van der Waals surface area contributed by atoms with Crippen molar-refractivity contribution in [1.82, 2.24) is 14.8 Å². The van der Waals surface area contributed by atoms with Crippen molar-refractivity contribution >= 4 is 34.3 Å². The van der Waals surface area contributed by atoms with Crippen molar-refractivity contribution in [3.8, 4) is 5.75 Å². The number of nitrogens with zero attached hydrogens (tertiary/aromatic N) is 2. The Labute approximate surface area is 179 Å². The number of carbonyl (C=O) groups excluding carboxylic acids is 2. The van der Waals surface area contributed by atoms with Gasteiger partial charge in [-0.05, 0) is 47.9 Å². The minimum atomic E-state index is -0.461. The first-order valence-electron chi connectivity index (χ1n) is 9.98. The third kappa shape index (κ3) is 2.90. The number of fused-ring (bicyclic) bond motifs is 3. The van der Waals surface area contributed by atoms with Gasteiger partial charge in [-0.1, -0.05) is 23.7 Å². The summed E-state index contributed by atoms with van der Waals surface area (Å²) < 4.78 is 5.42. The van der Waals surface area contributed by atoms with E-state index >= 15 is 0 Å². The molecule has 7 heteroatoms. The minimum absolute atomic E-state index is 0.132. The first-order valence-corrected chi connectivity index (χ1v) is 10.4. The molecular formula is C23H22ClN3O3. The standard InChI is InChI=1S/C23H22ClN3O3/c1-26-20(28)12-19(23(26)29)27-10-9-16-17-11-15(30-2)7-8-18(17)25-21(16)22(27)13-3-5-14(24)6-4-13/h3-8,11,19,22,25H,9-10,12H2,1-2H3/t19-,22-/m1/s1. The zero-order valence-corrected chi connectivity index (χ0v) is 17.6. The van der Waals surface area contributed by atoms with Gasteiger partial charge in [-0.2, -0.15) is 0 Å². The number of likely N-dealkylation sites (N-methyl/N-ethyl adjacent to an activating group) is 1. The molecule has 1 N–H and O–H groups in total. The quantitative estimate of drug-likeness (QED) is 0.654. The topological polar surface area (TPSA) is 65.6 Å². The fraction of sp³-hybridized carbons (Fsp3) is 0.304. The zero-order valence-electron chi connectivity index (χ0n) is 16.8. The molecule has 1 saturated heterocycles. The summed E-state index contributed by atoms with van der Waals surface area (Å²) in [6.45, 7) is 0.683. The van der Waals surface area contributed by atoms with Crippen molar-refractivity contribution in [2.45, 2.75) is 24.9 Å². The number of nitrogens with one attached hydrogen (secondary N) is 1. The number of imide groups is 1. The summed E-state index contributed by atoms with van der Waals surface area (Å²) in [5.74, 6) is 0.542. The largest absolute Gasteiger partial charge is 0.497 e. The van der Waals surface area contributed by atoms with Gasteiger partial charge in [0.15, 0.2) is 0 Å². The van der Waals surface area contributed by atoms with E-state index in [1.807, 2.05) is 36.4 Å². The van der Waals surface area contributed by atoms with Crippen LogP contribution < -0.4 is 4.74 Å². The maximum atomic E-state index is 12.8. The minimum Gasteiger partial charge on any atom is -0.497 e. The van der Waals surface area contributed by atoms with E-state index in [-0.39, 0.29) is 24.3 Å². The third-order valence-corrected chi connectivity index (χ3v) is 6.57. The lowest BCUT2D eigenvalue weighted by Crippen LogP contribution is -2.46. The predicted octanol–water partition coefficient (Wildman–Crippen LogP) is 3.53. The molecule has 0 aliphatic carbocycles. The molecule has 3 aromatic rings. The average molecular weight is 424 g/mol. The van der Waals surface area contributed by atoms with Gasteiger partial charge in [0.05, 0.1) is 25.6 Å². The zero-order chi connectivity index (χ0) is 21.0. The van der Waals surface area contributed by atoms with Crippen LogP contribution in [-0.4, -0.2) is 53.3 Å². The lowest BCUT2D eigenvalue weighted by atomic mass is 9.90. The number of hydrogen-bond donors (Lipinski definition) is 1. The first kappa shape index (κ1) is 19.2. The summed E-state index contributed by atoms with van der Waals surface area (Å²) in [5, 5.41) is 1.79. The second kappa shape index (κ2) is 7.15. The highest BCUT2D eigenvalue weighted by molar-refractivity contribution is 6.30. The van der Waals surface area contributed by atoms with Crippen molar-refractivity contribution in [2.75, 3.05) is 20.7 Å². The van der Waals surface area contributed by atoms with Crippen molar-refractivity contribution < 1.29 is 14.3 Å². The second-order valence-corrected chi connectivity index (χ2v) is 8.32. The Balaban J connectivity index is 1.66. The molecule has 0 spiro atoms. The van der Waals surface area contributed by atoms with Crippen molar-refractivity contribution in [1.29, 1.82) is 0 Å². The summed E-state index contributed by atoms with van der Waals surface area (Å²) in [7, 11) is 3.23. The number of methoxy groups -OCH3 is 1. The highest BCUT2D eigenvalue weighted by Gasteiger charge is 2.45. The monoisotopic (exact) mass is 423 g/mol. The van der Waals surface area contributed by atoms with Crippen molar-refractivity contribution in [3.63, 3.8) is 0 Å². The van der Waals surface area contributed by atoms with Crippen LogP contribution in [0.5, 0.6) is 5.75 Å². The molecule has 0 radical (unpaired) electrons. The molecule has 0 saturated carbocycles. The Morgan fingerprint density at radius 2 is 1.90 bits per heavy atom.